The van der Waals surface area contributed by atoms with Gasteiger partial charge < -0.3 is 10.3 Å². The number of amides is 1. The van der Waals surface area contributed by atoms with Gasteiger partial charge in [-0.2, -0.15) is 0 Å². The lowest BCUT2D eigenvalue weighted by Crippen LogP contribution is -2.22. The van der Waals surface area contributed by atoms with Gasteiger partial charge >= 0.3 is 0 Å². The molecule has 0 aliphatic carbocycles. The van der Waals surface area contributed by atoms with E-state index in [4.69, 9.17) is 0 Å². The van der Waals surface area contributed by atoms with Crippen molar-refractivity contribution >= 4 is 16.9 Å². The number of fused-ring (bicyclic) bond motifs is 1. The van der Waals surface area contributed by atoms with E-state index in [1.165, 1.54) is 13.3 Å². The van der Waals surface area contributed by atoms with Gasteiger partial charge in [0.25, 0.3) is 0 Å². The van der Waals surface area contributed by atoms with E-state index in [1.807, 2.05) is 12.3 Å². The molecule has 0 unspecified atom stereocenters. The van der Waals surface area contributed by atoms with Crippen LogP contribution in [0.4, 0.5) is 0 Å². The van der Waals surface area contributed by atoms with E-state index < -0.39 is 0 Å². The van der Waals surface area contributed by atoms with Crippen LogP contribution in [0.15, 0.2) is 18.6 Å². The maximum atomic E-state index is 10.7. The van der Waals surface area contributed by atoms with E-state index in [0.717, 1.165) is 23.1 Å². The Kier molecular flexibility index (Phi) is 2.62. The Hall–Kier alpha value is -1.91. The van der Waals surface area contributed by atoms with Gasteiger partial charge in [0.2, 0.25) is 5.91 Å². The van der Waals surface area contributed by atoms with Crippen LogP contribution in [-0.4, -0.2) is 27.4 Å². The first-order valence-electron chi connectivity index (χ1n) is 4.79. The summed E-state index contributed by atoms with van der Waals surface area (Å²) in [6.07, 6.45) is 4.08. The van der Waals surface area contributed by atoms with Crippen molar-refractivity contribution in [3.63, 3.8) is 0 Å². The van der Waals surface area contributed by atoms with E-state index in [-0.39, 0.29) is 5.91 Å². The predicted octanol–water partition coefficient (Wildman–Crippen LogP) is 0.636. The number of carbonyl (C=O) groups excluding carboxylic acids is 1. The van der Waals surface area contributed by atoms with E-state index in [0.29, 0.717) is 6.54 Å². The van der Waals surface area contributed by atoms with Crippen molar-refractivity contribution in [1.82, 2.24) is 20.3 Å². The third kappa shape index (κ3) is 2.12. The van der Waals surface area contributed by atoms with Gasteiger partial charge in [0, 0.05) is 31.5 Å². The Morgan fingerprint density at radius 3 is 3.20 bits per heavy atom. The smallest absolute Gasteiger partial charge is 0.216 e. The first-order chi connectivity index (χ1) is 7.27. The van der Waals surface area contributed by atoms with Crippen LogP contribution >= 0.6 is 0 Å². The molecule has 15 heavy (non-hydrogen) atoms. The largest absolute Gasteiger partial charge is 0.356 e. The quantitative estimate of drug-likeness (QED) is 0.770. The zero-order valence-electron chi connectivity index (χ0n) is 8.45. The molecule has 5 nitrogen and oxygen atoms in total. The second-order valence-corrected chi connectivity index (χ2v) is 3.29. The summed E-state index contributed by atoms with van der Waals surface area (Å²) in [6, 6.07) is 1.94. The average molecular weight is 204 g/mol. The van der Waals surface area contributed by atoms with Crippen LogP contribution in [0.5, 0.6) is 0 Å². The van der Waals surface area contributed by atoms with Crippen molar-refractivity contribution in [2.24, 2.45) is 0 Å². The van der Waals surface area contributed by atoms with E-state index >= 15 is 0 Å². The second kappa shape index (κ2) is 4.08. The van der Waals surface area contributed by atoms with Gasteiger partial charge in [-0.1, -0.05) is 0 Å². The SMILES string of the molecule is CC(=O)NCCc1ncnc2[nH]ccc12. The molecule has 0 aliphatic rings. The lowest BCUT2D eigenvalue weighted by Gasteiger charge is -2.02. The number of hydrogen-bond donors (Lipinski definition) is 2. The molecule has 0 aliphatic heterocycles. The Morgan fingerprint density at radius 2 is 2.40 bits per heavy atom. The molecule has 0 fully saturated rings. The lowest BCUT2D eigenvalue weighted by atomic mass is 10.2. The fourth-order valence-electron chi connectivity index (χ4n) is 1.48. The summed E-state index contributed by atoms with van der Waals surface area (Å²) in [4.78, 5) is 22.0. The molecule has 0 bridgehead atoms. The number of H-pyrrole nitrogens is 1. The summed E-state index contributed by atoms with van der Waals surface area (Å²) in [7, 11) is 0. The van der Waals surface area contributed by atoms with Crippen molar-refractivity contribution in [2.45, 2.75) is 13.3 Å². The molecule has 2 heterocycles. The van der Waals surface area contributed by atoms with Crippen molar-refractivity contribution in [3.8, 4) is 0 Å². The molecule has 0 saturated carbocycles. The number of carbonyl (C=O) groups is 1. The van der Waals surface area contributed by atoms with Crippen LogP contribution in [-0.2, 0) is 11.2 Å². The molecule has 2 N–H and O–H groups in total. The highest BCUT2D eigenvalue weighted by Gasteiger charge is 2.03. The molecule has 0 spiro atoms. The van der Waals surface area contributed by atoms with Crippen molar-refractivity contribution in [1.29, 1.82) is 0 Å². The number of rotatable bonds is 3. The summed E-state index contributed by atoms with van der Waals surface area (Å²) in [5.74, 6) is -0.0191. The van der Waals surface area contributed by atoms with Crippen LogP contribution in [0.2, 0.25) is 0 Å². The molecule has 1 amide bonds. The van der Waals surface area contributed by atoms with E-state index in [1.54, 1.807) is 0 Å². The van der Waals surface area contributed by atoms with Crippen LogP contribution in [0.25, 0.3) is 11.0 Å². The van der Waals surface area contributed by atoms with Crippen molar-refractivity contribution < 1.29 is 4.79 Å². The molecule has 5 heteroatoms. The zero-order chi connectivity index (χ0) is 10.7. The minimum Gasteiger partial charge on any atom is -0.356 e. The molecule has 2 aromatic rings. The second-order valence-electron chi connectivity index (χ2n) is 3.29. The third-order valence-corrected chi connectivity index (χ3v) is 2.17. The highest BCUT2D eigenvalue weighted by atomic mass is 16.1. The standard InChI is InChI=1S/C10H12N4O/c1-7(15)11-5-3-9-8-2-4-12-10(8)14-6-13-9/h2,4,6H,3,5H2,1H3,(H,11,15)(H,12,13,14). The maximum Gasteiger partial charge on any atom is 0.216 e. The Bertz CT molecular complexity index is 477. The molecule has 0 saturated heterocycles. The monoisotopic (exact) mass is 204 g/mol. The Balaban J connectivity index is 2.13. The number of hydrogen-bond acceptors (Lipinski definition) is 3. The topological polar surface area (TPSA) is 70.7 Å². The fraction of sp³-hybridized carbons (Fsp3) is 0.300. The average Bonchev–Trinajstić information content (AvgIpc) is 2.65. The van der Waals surface area contributed by atoms with Crippen molar-refractivity contribution in [3.05, 3.63) is 24.3 Å². The molecule has 2 aromatic heterocycles. The minimum absolute atomic E-state index is 0.0191. The molecule has 78 valence electrons. The minimum atomic E-state index is -0.0191. The highest BCUT2D eigenvalue weighted by Crippen LogP contribution is 2.12. The van der Waals surface area contributed by atoms with Crippen LogP contribution in [0, 0.1) is 0 Å². The number of aromatic amines is 1. The highest BCUT2D eigenvalue weighted by molar-refractivity contribution is 5.77. The van der Waals surface area contributed by atoms with E-state index in [2.05, 4.69) is 20.3 Å². The molecular weight excluding hydrogens is 192 g/mol. The predicted molar refractivity (Wildman–Crippen MR) is 56.3 cm³/mol. The summed E-state index contributed by atoms with van der Waals surface area (Å²) < 4.78 is 0. The van der Waals surface area contributed by atoms with Gasteiger partial charge in [-0.15, -0.1) is 0 Å². The first-order valence-corrected chi connectivity index (χ1v) is 4.79. The van der Waals surface area contributed by atoms with E-state index in [9.17, 15) is 4.79 Å². The first kappa shape index (κ1) is 9.64. The normalized spacial score (nSPS) is 10.5. The summed E-state index contributed by atoms with van der Waals surface area (Å²) in [5, 5.41) is 3.76. The Labute approximate surface area is 86.9 Å². The number of aromatic nitrogens is 3. The van der Waals surface area contributed by atoms with Gasteiger partial charge in [0.1, 0.15) is 12.0 Å². The molecule has 0 atom stereocenters. The summed E-state index contributed by atoms with van der Waals surface area (Å²) in [6.45, 7) is 2.11. The fourth-order valence-corrected chi connectivity index (χ4v) is 1.48. The Morgan fingerprint density at radius 1 is 1.53 bits per heavy atom. The van der Waals surface area contributed by atoms with Crippen LogP contribution < -0.4 is 5.32 Å². The summed E-state index contributed by atoms with van der Waals surface area (Å²) >= 11 is 0. The molecular formula is C10H12N4O. The molecule has 0 aromatic carbocycles. The van der Waals surface area contributed by atoms with Gasteiger partial charge in [-0.25, -0.2) is 9.97 Å². The van der Waals surface area contributed by atoms with Crippen LogP contribution in [0.1, 0.15) is 12.6 Å². The maximum absolute atomic E-state index is 10.7. The van der Waals surface area contributed by atoms with Crippen molar-refractivity contribution in [2.75, 3.05) is 6.54 Å². The zero-order valence-corrected chi connectivity index (χ0v) is 8.45. The number of nitrogens with zero attached hydrogens (tertiary/aromatic N) is 2. The van der Waals surface area contributed by atoms with Crippen LogP contribution in [0.3, 0.4) is 0 Å². The third-order valence-electron chi connectivity index (χ3n) is 2.17. The molecule has 2 rings (SSSR count). The lowest BCUT2D eigenvalue weighted by molar-refractivity contribution is -0.118. The van der Waals surface area contributed by atoms with Gasteiger partial charge in [-0.05, 0) is 6.07 Å². The van der Waals surface area contributed by atoms with Gasteiger partial charge in [-0.3, -0.25) is 4.79 Å². The van der Waals surface area contributed by atoms with Gasteiger partial charge in [0.05, 0.1) is 5.69 Å². The summed E-state index contributed by atoms with van der Waals surface area (Å²) in [5.41, 5.74) is 1.79. The number of nitrogens with one attached hydrogen (secondary N) is 2. The van der Waals surface area contributed by atoms with Gasteiger partial charge in [0.15, 0.2) is 0 Å². The molecule has 0 radical (unpaired) electrons.